The first-order chi connectivity index (χ1) is 9.25. The number of rotatable bonds is 3. The molecule has 0 bridgehead atoms. The highest BCUT2D eigenvalue weighted by atomic mass is 19.3. The van der Waals surface area contributed by atoms with E-state index in [4.69, 9.17) is 0 Å². The van der Waals surface area contributed by atoms with Crippen LogP contribution in [0.1, 0.15) is 11.4 Å². The van der Waals surface area contributed by atoms with Gasteiger partial charge in [0, 0.05) is 25.2 Å². The number of imidazole rings is 1. The maximum Gasteiger partial charge on any atom is 0.387 e. The SMILES string of the molecule is FC(F)Oc1ccccc1-n1cnc2c1CCNC2. The first kappa shape index (κ1) is 12.1. The second kappa shape index (κ2) is 4.97. The number of ether oxygens (including phenoxy) is 1. The molecule has 0 spiro atoms. The molecule has 2 heterocycles. The van der Waals surface area contributed by atoms with E-state index >= 15 is 0 Å². The molecule has 2 aromatic rings. The van der Waals surface area contributed by atoms with Gasteiger partial charge in [0.05, 0.1) is 17.7 Å². The number of hydrogen-bond acceptors (Lipinski definition) is 3. The predicted molar refractivity (Wildman–Crippen MR) is 65.6 cm³/mol. The van der Waals surface area contributed by atoms with Crippen LogP contribution in [-0.4, -0.2) is 22.7 Å². The van der Waals surface area contributed by atoms with Gasteiger partial charge >= 0.3 is 6.61 Å². The van der Waals surface area contributed by atoms with Crippen molar-refractivity contribution in [2.75, 3.05) is 6.54 Å². The van der Waals surface area contributed by atoms with Crippen LogP contribution in [0.25, 0.3) is 5.69 Å². The second-order valence-corrected chi connectivity index (χ2v) is 4.28. The maximum atomic E-state index is 12.4. The number of fused-ring (bicyclic) bond motifs is 1. The van der Waals surface area contributed by atoms with Gasteiger partial charge in [-0.2, -0.15) is 8.78 Å². The molecule has 1 aromatic heterocycles. The van der Waals surface area contributed by atoms with Crippen molar-refractivity contribution in [3.63, 3.8) is 0 Å². The second-order valence-electron chi connectivity index (χ2n) is 4.28. The standard InChI is InChI=1S/C13H13F2N3O/c14-13(15)19-12-4-2-1-3-11(12)18-8-17-9-7-16-6-5-10(9)18/h1-4,8,13,16H,5-7H2. The Morgan fingerprint density at radius 1 is 1.32 bits per heavy atom. The van der Waals surface area contributed by atoms with Gasteiger partial charge in [0.25, 0.3) is 0 Å². The molecule has 4 nitrogen and oxygen atoms in total. The first-order valence-electron chi connectivity index (χ1n) is 6.06. The topological polar surface area (TPSA) is 39.1 Å². The van der Waals surface area contributed by atoms with Crippen molar-refractivity contribution in [3.8, 4) is 11.4 Å². The Morgan fingerprint density at radius 2 is 2.16 bits per heavy atom. The van der Waals surface area contributed by atoms with Gasteiger partial charge in [0.15, 0.2) is 0 Å². The summed E-state index contributed by atoms with van der Waals surface area (Å²) in [5.74, 6) is 0.163. The number of benzene rings is 1. The van der Waals surface area contributed by atoms with E-state index in [0.717, 1.165) is 24.4 Å². The molecule has 0 saturated heterocycles. The highest BCUT2D eigenvalue weighted by Gasteiger charge is 2.18. The quantitative estimate of drug-likeness (QED) is 0.924. The minimum Gasteiger partial charge on any atom is -0.433 e. The Bertz CT molecular complexity index is 583. The third-order valence-electron chi connectivity index (χ3n) is 3.12. The van der Waals surface area contributed by atoms with E-state index in [9.17, 15) is 8.78 Å². The lowest BCUT2D eigenvalue weighted by atomic mass is 10.1. The molecule has 0 fully saturated rings. The number of nitrogens with one attached hydrogen (secondary N) is 1. The van der Waals surface area contributed by atoms with Crippen molar-refractivity contribution in [3.05, 3.63) is 42.0 Å². The van der Waals surface area contributed by atoms with Gasteiger partial charge < -0.3 is 10.1 Å². The Kier molecular flexibility index (Phi) is 3.16. The van der Waals surface area contributed by atoms with Crippen LogP contribution in [0.4, 0.5) is 8.78 Å². The van der Waals surface area contributed by atoms with Crippen LogP contribution in [-0.2, 0) is 13.0 Å². The lowest BCUT2D eigenvalue weighted by Gasteiger charge is -2.17. The van der Waals surface area contributed by atoms with E-state index < -0.39 is 6.61 Å². The molecule has 0 amide bonds. The fourth-order valence-electron chi connectivity index (χ4n) is 2.30. The molecule has 19 heavy (non-hydrogen) atoms. The van der Waals surface area contributed by atoms with E-state index in [-0.39, 0.29) is 5.75 Å². The minimum atomic E-state index is -2.83. The molecule has 3 rings (SSSR count). The summed E-state index contributed by atoms with van der Waals surface area (Å²) in [5.41, 5.74) is 2.60. The number of alkyl halides is 2. The largest absolute Gasteiger partial charge is 0.433 e. The lowest BCUT2D eigenvalue weighted by Crippen LogP contribution is -2.24. The molecular formula is C13H13F2N3O. The molecule has 6 heteroatoms. The van der Waals surface area contributed by atoms with E-state index in [1.54, 1.807) is 24.5 Å². The average molecular weight is 265 g/mol. The van der Waals surface area contributed by atoms with Crippen molar-refractivity contribution in [1.29, 1.82) is 0 Å². The summed E-state index contributed by atoms with van der Waals surface area (Å²) in [6.45, 7) is -1.27. The third-order valence-corrected chi connectivity index (χ3v) is 3.12. The van der Waals surface area contributed by atoms with Gasteiger partial charge in [-0.05, 0) is 12.1 Å². The highest BCUT2D eigenvalue weighted by molar-refractivity contribution is 5.48. The van der Waals surface area contributed by atoms with Gasteiger partial charge in [-0.25, -0.2) is 4.98 Å². The summed E-state index contributed by atoms with van der Waals surface area (Å²) in [6, 6.07) is 6.75. The van der Waals surface area contributed by atoms with Crippen molar-refractivity contribution in [1.82, 2.24) is 14.9 Å². The molecule has 0 saturated carbocycles. The molecular weight excluding hydrogens is 252 g/mol. The molecule has 100 valence electrons. The van der Waals surface area contributed by atoms with Crippen molar-refractivity contribution in [2.45, 2.75) is 19.6 Å². The van der Waals surface area contributed by atoms with Crippen LogP contribution in [0, 0.1) is 0 Å². The number of nitrogens with zero attached hydrogens (tertiary/aromatic N) is 2. The predicted octanol–water partition coefficient (Wildman–Crippen LogP) is 2.12. The normalized spacial score (nSPS) is 14.5. The summed E-state index contributed by atoms with van der Waals surface area (Å²) in [4.78, 5) is 4.31. The van der Waals surface area contributed by atoms with E-state index in [0.29, 0.717) is 12.2 Å². The number of aromatic nitrogens is 2. The summed E-state index contributed by atoms with van der Waals surface area (Å²) < 4.78 is 31.2. The van der Waals surface area contributed by atoms with E-state index in [1.807, 2.05) is 4.57 Å². The van der Waals surface area contributed by atoms with Crippen LogP contribution in [0.2, 0.25) is 0 Å². The van der Waals surface area contributed by atoms with Gasteiger partial charge in [-0.1, -0.05) is 12.1 Å². The van der Waals surface area contributed by atoms with Crippen LogP contribution in [0.15, 0.2) is 30.6 Å². The summed E-state index contributed by atoms with van der Waals surface area (Å²) in [6.07, 6.45) is 2.48. The Morgan fingerprint density at radius 3 is 3.00 bits per heavy atom. The molecule has 1 N–H and O–H groups in total. The van der Waals surface area contributed by atoms with Crippen LogP contribution in [0.5, 0.6) is 5.75 Å². The Hall–Kier alpha value is -1.95. The van der Waals surface area contributed by atoms with Gasteiger partial charge in [0.2, 0.25) is 0 Å². The maximum absolute atomic E-state index is 12.4. The van der Waals surface area contributed by atoms with E-state index in [2.05, 4.69) is 15.0 Å². The molecule has 1 aromatic carbocycles. The number of halogens is 2. The van der Waals surface area contributed by atoms with Crippen molar-refractivity contribution >= 4 is 0 Å². The summed E-state index contributed by atoms with van der Waals surface area (Å²) >= 11 is 0. The smallest absolute Gasteiger partial charge is 0.387 e. The Labute approximate surface area is 109 Å². The molecule has 1 aliphatic rings. The van der Waals surface area contributed by atoms with Gasteiger partial charge in [-0.3, -0.25) is 4.57 Å². The van der Waals surface area contributed by atoms with E-state index in [1.165, 1.54) is 6.07 Å². The minimum absolute atomic E-state index is 0.163. The number of hydrogen-bond donors (Lipinski definition) is 1. The van der Waals surface area contributed by atoms with Crippen molar-refractivity contribution < 1.29 is 13.5 Å². The molecule has 0 aliphatic carbocycles. The average Bonchev–Trinajstić information content (AvgIpc) is 2.82. The van der Waals surface area contributed by atoms with Crippen LogP contribution in [0.3, 0.4) is 0 Å². The fourth-order valence-corrected chi connectivity index (χ4v) is 2.30. The highest BCUT2D eigenvalue weighted by Crippen LogP contribution is 2.27. The molecule has 0 radical (unpaired) electrons. The summed E-state index contributed by atoms with van der Waals surface area (Å²) in [5, 5.41) is 3.23. The van der Waals surface area contributed by atoms with Crippen molar-refractivity contribution in [2.24, 2.45) is 0 Å². The monoisotopic (exact) mass is 265 g/mol. The van der Waals surface area contributed by atoms with Crippen LogP contribution < -0.4 is 10.1 Å². The zero-order valence-electron chi connectivity index (χ0n) is 10.1. The Balaban J connectivity index is 2.04. The zero-order valence-corrected chi connectivity index (χ0v) is 10.1. The molecule has 1 aliphatic heterocycles. The molecule has 0 atom stereocenters. The first-order valence-corrected chi connectivity index (χ1v) is 6.06. The van der Waals surface area contributed by atoms with Crippen LogP contribution >= 0.6 is 0 Å². The lowest BCUT2D eigenvalue weighted by molar-refractivity contribution is -0.0498. The van der Waals surface area contributed by atoms with Gasteiger partial charge in [0.1, 0.15) is 5.75 Å². The third kappa shape index (κ3) is 2.31. The number of para-hydroxylation sites is 2. The summed E-state index contributed by atoms with van der Waals surface area (Å²) in [7, 11) is 0. The van der Waals surface area contributed by atoms with Gasteiger partial charge in [-0.15, -0.1) is 0 Å². The zero-order chi connectivity index (χ0) is 13.2. The fraction of sp³-hybridized carbons (Fsp3) is 0.308. The molecule has 0 unspecified atom stereocenters.